The molecule has 0 aromatic carbocycles. The normalized spacial score (nSPS) is 20.8. The van der Waals surface area contributed by atoms with Gasteiger partial charge in [0.05, 0.1) is 6.07 Å². The minimum absolute atomic E-state index is 0.181. The van der Waals surface area contributed by atoms with E-state index >= 15 is 0 Å². The minimum atomic E-state index is -1.26. The van der Waals surface area contributed by atoms with Crippen LogP contribution in [0.15, 0.2) is 0 Å². The molecule has 3 N–H and O–H groups in total. The van der Waals surface area contributed by atoms with Crippen LogP contribution in [0.1, 0.15) is 57.8 Å². The van der Waals surface area contributed by atoms with Gasteiger partial charge < -0.3 is 11.1 Å². The van der Waals surface area contributed by atoms with Crippen molar-refractivity contribution < 1.29 is 14.4 Å². The Morgan fingerprint density at radius 3 is 2.33 bits per heavy atom. The zero-order valence-corrected chi connectivity index (χ0v) is 14.1. The molecular formula is C17H26N4O3. The molecule has 7 nitrogen and oxygen atoms in total. The van der Waals surface area contributed by atoms with Gasteiger partial charge in [0, 0.05) is 6.42 Å². The lowest BCUT2D eigenvalue weighted by atomic mass is 9.84. The first kappa shape index (κ1) is 18.4. The van der Waals surface area contributed by atoms with Crippen LogP contribution >= 0.6 is 0 Å². The van der Waals surface area contributed by atoms with Gasteiger partial charge in [0.1, 0.15) is 5.54 Å². The first-order chi connectivity index (χ1) is 11.5. The molecule has 0 atom stereocenters. The molecule has 2 fully saturated rings. The van der Waals surface area contributed by atoms with Gasteiger partial charge in [-0.05, 0) is 38.3 Å². The quantitative estimate of drug-likeness (QED) is 0.739. The SMILES string of the molecule is N#CC1(N(C(=O)CCC2CCCCC2)C(=O)C(N)=O)CCNCC1. The first-order valence-corrected chi connectivity index (χ1v) is 8.79. The van der Waals surface area contributed by atoms with E-state index in [-0.39, 0.29) is 6.42 Å². The molecule has 3 amide bonds. The van der Waals surface area contributed by atoms with Gasteiger partial charge in [0.2, 0.25) is 5.91 Å². The maximum atomic E-state index is 12.7. The van der Waals surface area contributed by atoms with E-state index in [2.05, 4.69) is 11.4 Å². The van der Waals surface area contributed by atoms with E-state index in [0.29, 0.717) is 38.3 Å². The lowest BCUT2D eigenvalue weighted by molar-refractivity contribution is -0.157. The molecule has 0 unspecified atom stereocenters. The Bertz CT molecular complexity index is 528. The van der Waals surface area contributed by atoms with E-state index in [1.165, 1.54) is 19.3 Å². The van der Waals surface area contributed by atoms with Gasteiger partial charge in [0.25, 0.3) is 0 Å². The third-order valence-corrected chi connectivity index (χ3v) is 5.22. The van der Waals surface area contributed by atoms with Crippen molar-refractivity contribution in [2.75, 3.05) is 13.1 Å². The van der Waals surface area contributed by atoms with Gasteiger partial charge in [-0.1, -0.05) is 32.1 Å². The Morgan fingerprint density at radius 1 is 1.17 bits per heavy atom. The van der Waals surface area contributed by atoms with Gasteiger partial charge in [0.15, 0.2) is 0 Å². The molecule has 0 spiro atoms. The van der Waals surface area contributed by atoms with E-state index < -0.39 is 23.3 Å². The molecule has 2 aliphatic rings. The summed E-state index contributed by atoms with van der Waals surface area (Å²) in [4.78, 5) is 37.2. The van der Waals surface area contributed by atoms with E-state index in [0.717, 1.165) is 17.7 Å². The Labute approximate surface area is 142 Å². The van der Waals surface area contributed by atoms with E-state index in [9.17, 15) is 19.6 Å². The van der Waals surface area contributed by atoms with Gasteiger partial charge in [-0.25, -0.2) is 0 Å². The topological polar surface area (TPSA) is 116 Å². The largest absolute Gasteiger partial charge is 0.361 e. The number of hydrogen-bond donors (Lipinski definition) is 2. The molecule has 24 heavy (non-hydrogen) atoms. The molecule has 1 aliphatic carbocycles. The van der Waals surface area contributed by atoms with Crippen LogP contribution in [0.3, 0.4) is 0 Å². The summed E-state index contributed by atoms with van der Waals surface area (Å²) in [5, 5.41) is 12.7. The molecule has 0 aromatic rings. The highest BCUT2D eigenvalue weighted by Gasteiger charge is 2.46. The highest BCUT2D eigenvalue weighted by molar-refractivity contribution is 6.37. The number of imide groups is 1. The molecule has 1 heterocycles. The number of carbonyl (C=O) groups is 3. The van der Waals surface area contributed by atoms with E-state index in [1.807, 2.05) is 0 Å². The first-order valence-electron chi connectivity index (χ1n) is 8.79. The van der Waals surface area contributed by atoms with Gasteiger partial charge in [-0.15, -0.1) is 0 Å². The number of hydrogen-bond acceptors (Lipinski definition) is 5. The van der Waals surface area contributed by atoms with Crippen LogP contribution in [0.4, 0.5) is 0 Å². The maximum absolute atomic E-state index is 12.7. The predicted octanol–water partition coefficient (Wildman–Crippen LogP) is 0.833. The van der Waals surface area contributed by atoms with Gasteiger partial charge >= 0.3 is 11.8 Å². The second kappa shape index (κ2) is 8.25. The molecule has 132 valence electrons. The summed E-state index contributed by atoms with van der Waals surface area (Å²) < 4.78 is 0. The second-order valence-corrected chi connectivity index (χ2v) is 6.83. The van der Waals surface area contributed by atoms with Crippen LogP contribution in [0.5, 0.6) is 0 Å². The Morgan fingerprint density at radius 2 is 1.79 bits per heavy atom. The standard InChI is InChI=1S/C17H26N4O3/c18-12-17(8-10-20-11-9-17)21(16(24)15(19)23)14(22)7-6-13-4-2-1-3-5-13/h13,20H,1-11H2,(H2,19,23). The molecular weight excluding hydrogens is 308 g/mol. The number of nitrogens with zero attached hydrogens (tertiary/aromatic N) is 2. The number of piperidine rings is 1. The van der Waals surface area contributed by atoms with Gasteiger partial charge in [-0.2, -0.15) is 5.26 Å². The fraction of sp³-hybridized carbons (Fsp3) is 0.765. The molecule has 0 radical (unpaired) electrons. The van der Waals surface area contributed by atoms with Gasteiger partial charge in [-0.3, -0.25) is 19.3 Å². The summed E-state index contributed by atoms with van der Waals surface area (Å²) in [6.07, 6.45) is 7.31. The Hall–Kier alpha value is -1.94. The zero-order valence-electron chi connectivity index (χ0n) is 14.1. The number of primary amides is 1. The highest BCUT2D eigenvalue weighted by Crippen LogP contribution is 2.30. The number of nitriles is 1. The van der Waals surface area contributed by atoms with Crippen molar-refractivity contribution in [3.05, 3.63) is 0 Å². The van der Waals surface area contributed by atoms with Crippen molar-refractivity contribution in [3.8, 4) is 6.07 Å². The Balaban J connectivity index is 2.12. The second-order valence-electron chi connectivity index (χ2n) is 6.83. The zero-order chi connectivity index (χ0) is 17.6. The lowest BCUT2D eigenvalue weighted by Gasteiger charge is -2.39. The summed E-state index contributed by atoms with van der Waals surface area (Å²) in [5.74, 6) is -2.21. The monoisotopic (exact) mass is 334 g/mol. The van der Waals surface area contributed by atoms with Crippen molar-refractivity contribution in [1.82, 2.24) is 10.2 Å². The molecule has 1 saturated heterocycles. The number of nitrogens with one attached hydrogen (secondary N) is 1. The smallest absolute Gasteiger partial charge is 0.319 e. The molecule has 0 aromatic heterocycles. The van der Waals surface area contributed by atoms with Crippen molar-refractivity contribution in [2.24, 2.45) is 11.7 Å². The number of nitrogens with two attached hydrogens (primary N) is 1. The van der Waals surface area contributed by atoms with Crippen molar-refractivity contribution in [2.45, 2.75) is 63.3 Å². The number of amides is 3. The Kier molecular flexibility index (Phi) is 6.32. The summed E-state index contributed by atoms with van der Waals surface area (Å²) in [7, 11) is 0. The molecule has 7 heteroatoms. The van der Waals surface area contributed by atoms with Crippen molar-refractivity contribution in [3.63, 3.8) is 0 Å². The van der Waals surface area contributed by atoms with E-state index in [1.54, 1.807) is 0 Å². The summed E-state index contributed by atoms with van der Waals surface area (Å²) in [6, 6.07) is 2.11. The van der Waals surface area contributed by atoms with Crippen molar-refractivity contribution in [1.29, 1.82) is 5.26 Å². The number of rotatable bonds is 4. The fourth-order valence-corrected chi connectivity index (χ4v) is 3.80. The highest BCUT2D eigenvalue weighted by atomic mass is 16.2. The van der Waals surface area contributed by atoms with Crippen molar-refractivity contribution >= 4 is 17.7 Å². The van der Waals surface area contributed by atoms with Crippen LogP contribution in [-0.4, -0.2) is 41.2 Å². The third kappa shape index (κ3) is 4.12. The minimum Gasteiger partial charge on any atom is -0.361 e. The third-order valence-electron chi connectivity index (χ3n) is 5.22. The maximum Gasteiger partial charge on any atom is 0.319 e. The molecule has 1 saturated carbocycles. The number of carbonyl (C=O) groups excluding carboxylic acids is 3. The average Bonchev–Trinajstić information content (AvgIpc) is 2.61. The summed E-state index contributed by atoms with van der Waals surface area (Å²) >= 11 is 0. The van der Waals surface area contributed by atoms with Crippen LogP contribution < -0.4 is 11.1 Å². The van der Waals surface area contributed by atoms with Crippen LogP contribution in [0.2, 0.25) is 0 Å². The average molecular weight is 334 g/mol. The molecule has 2 rings (SSSR count). The molecule has 0 bridgehead atoms. The summed E-state index contributed by atoms with van der Waals surface area (Å²) in [6.45, 7) is 1.04. The molecule has 1 aliphatic heterocycles. The van der Waals surface area contributed by atoms with Crippen LogP contribution in [0, 0.1) is 17.2 Å². The summed E-state index contributed by atoms with van der Waals surface area (Å²) in [5.41, 5.74) is 3.86. The van der Waals surface area contributed by atoms with Crippen LogP contribution in [-0.2, 0) is 14.4 Å². The lowest BCUT2D eigenvalue weighted by Crippen LogP contribution is -2.60. The predicted molar refractivity (Wildman–Crippen MR) is 87.3 cm³/mol. The van der Waals surface area contributed by atoms with E-state index in [4.69, 9.17) is 5.73 Å². The fourth-order valence-electron chi connectivity index (χ4n) is 3.80. The van der Waals surface area contributed by atoms with Crippen LogP contribution in [0.25, 0.3) is 0 Å².